The number of benzene rings is 2. The lowest BCUT2D eigenvalue weighted by Gasteiger charge is -2.13. The predicted molar refractivity (Wildman–Crippen MR) is 134 cm³/mol. The topological polar surface area (TPSA) is 94.0 Å². The second-order valence-electron chi connectivity index (χ2n) is 7.64. The minimum Gasteiger partial charge on any atom is -0.496 e. The van der Waals surface area contributed by atoms with E-state index in [1.54, 1.807) is 42.5 Å². The van der Waals surface area contributed by atoms with Crippen LogP contribution in [0.15, 0.2) is 60.9 Å². The van der Waals surface area contributed by atoms with Crippen molar-refractivity contribution < 1.29 is 9.53 Å². The number of hydrogen-bond acceptors (Lipinski definition) is 6. The zero-order valence-corrected chi connectivity index (χ0v) is 20.2. The molecule has 0 saturated carbocycles. The Morgan fingerprint density at radius 1 is 1.09 bits per heavy atom. The number of carbonyl (C=O) groups is 1. The van der Waals surface area contributed by atoms with Crippen molar-refractivity contribution in [1.29, 1.82) is 0 Å². The maximum atomic E-state index is 12.8. The lowest BCUT2D eigenvalue weighted by Crippen LogP contribution is -2.13. The van der Waals surface area contributed by atoms with Crippen molar-refractivity contribution in [2.45, 2.75) is 19.9 Å². The highest BCUT2D eigenvalue weighted by Crippen LogP contribution is 2.29. The smallest absolute Gasteiger partial charge is 0.259 e. The summed E-state index contributed by atoms with van der Waals surface area (Å²) in [7, 11) is 1.49. The molecule has 2 aromatic heterocycles. The Labute approximate surface area is 206 Å². The Kier molecular flexibility index (Phi) is 7.00. The number of anilines is 3. The fourth-order valence-electron chi connectivity index (χ4n) is 3.20. The number of nitrogens with one attached hydrogen (secondary N) is 2. The Morgan fingerprint density at radius 2 is 1.88 bits per heavy atom. The number of aromatic nitrogens is 4. The van der Waals surface area contributed by atoms with Crippen LogP contribution in [-0.2, 0) is 0 Å². The molecule has 0 radical (unpaired) electrons. The number of nitrogens with zero attached hydrogens (tertiary/aromatic N) is 4. The molecule has 0 unspecified atom stereocenters. The number of methoxy groups -OCH3 is 1. The van der Waals surface area contributed by atoms with Gasteiger partial charge in [0, 0.05) is 24.0 Å². The van der Waals surface area contributed by atoms with Crippen LogP contribution in [0.3, 0.4) is 0 Å². The molecule has 0 aliphatic rings. The van der Waals surface area contributed by atoms with Gasteiger partial charge < -0.3 is 15.4 Å². The molecule has 0 bridgehead atoms. The van der Waals surface area contributed by atoms with E-state index in [1.165, 1.54) is 13.3 Å². The molecule has 4 aromatic rings. The van der Waals surface area contributed by atoms with Crippen LogP contribution in [0.1, 0.15) is 30.2 Å². The zero-order valence-electron chi connectivity index (χ0n) is 18.7. The molecule has 2 N–H and O–H groups in total. The fourth-order valence-corrected chi connectivity index (χ4v) is 3.57. The molecule has 2 aromatic carbocycles. The van der Waals surface area contributed by atoms with Gasteiger partial charge in [0.15, 0.2) is 0 Å². The van der Waals surface area contributed by atoms with Crippen molar-refractivity contribution in [3.63, 3.8) is 0 Å². The molecule has 8 nitrogen and oxygen atoms in total. The molecule has 0 saturated heterocycles. The Bertz CT molecular complexity index is 1340. The molecule has 1 amide bonds. The van der Waals surface area contributed by atoms with Gasteiger partial charge >= 0.3 is 0 Å². The summed E-state index contributed by atoms with van der Waals surface area (Å²) in [6, 6.07) is 14.1. The summed E-state index contributed by atoms with van der Waals surface area (Å²) in [6.07, 6.45) is 3.39. The van der Waals surface area contributed by atoms with Crippen LogP contribution < -0.4 is 15.4 Å². The highest BCUT2D eigenvalue weighted by molar-refractivity contribution is 6.34. The van der Waals surface area contributed by atoms with Gasteiger partial charge in [-0.2, -0.15) is 5.10 Å². The Balaban J connectivity index is 1.56. The fraction of sp³-hybridized carbons (Fsp3) is 0.167. The molecule has 10 heteroatoms. The van der Waals surface area contributed by atoms with Crippen LogP contribution in [0.2, 0.25) is 10.0 Å². The largest absolute Gasteiger partial charge is 0.496 e. The summed E-state index contributed by atoms with van der Waals surface area (Å²) < 4.78 is 7.27. The third-order valence-corrected chi connectivity index (χ3v) is 5.55. The molecule has 4 rings (SSSR count). The van der Waals surface area contributed by atoms with E-state index in [0.29, 0.717) is 50.1 Å². The average molecular weight is 497 g/mol. The molecule has 0 atom stereocenters. The summed E-state index contributed by atoms with van der Waals surface area (Å²) in [5, 5.41) is 11.3. The second-order valence-corrected chi connectivity index (χ2v) is 8.45. The second kappa shape index (κ2) is 10.1. The Hall–Kier alpha value is -3.62. The summed E-state index contributed by atoms with van der Waals surface area (Å²) in [6.45, 7) is 4.08. The zero-order chi connectivity index (χ0) is 24.2. The van der Waals surface area contributed by atoms with Crippen LogP contribution in [0, 0.1) is 0 Å². The van der Waals surface area contributed by atoms with Crippen molar-refractivity contribution in [2.75, 3.05) is 17.7 Å². The standard InChI is InChI=1S/C24H22Cl2N6O2/c1-14(2)32-11-10-20(31-32)22-18(26)13-27-24(30-22)28-15-8-9-16(21(12-15)34-3)23(33)29-19-7-5-4-6-17(19)25/h4-14H,1-3H3,(H,29,33)(H,27,28,30). The lowest BCUT2D eigenvalue weighted by molar-refractivity contribution is 0.102. The van der Waals surface area contributed by atoms with Crippen molar-refractivity contribution in [2.24, 2.45) is 0 Å². The van der Waals surface area contributed by atoms with Gasteiger partial charge in [0.05, 0.1) is 34.6 Å². The van der Waals surface area contributed by atoms with Crippen molar-refractivity contribution >= 4 is 46.4 Å². The van der Waals surface area contributed by atoms with E-state index in [-0.39, 0.29) is 11.9 Å². The average Bonchev–Trinajstić information content (AvgIpc) is 3.32. The van der Waals surface area contributed by atoms with Crippen LogP contribution in [-0.4, -0.2) is 32.8 Å². The third-order valence-electron chi connectivity index (χ3n) is 4.95. The van der Waals surface area contributed by atoms with Gasteiger partial charge in [-0.1, -0.05) is 35.3 Å². The lowest BCUT2D eigenvalue weighted by atomic mass is 10.1. The first-order chi connectivity index (χ1) is 16.4. The maximum Gasteiger partial charge on any atom is 0.259 e. The predicted octanol–water partition coefficient (Wildman–Crippen LogP) is 6.23. The van der Waals surface area contributed by atoms with E-state index in [2.05, 4.69) is 25.7 Å². The molecular formula is C24H22Cl2N6O2. The van der Waals surface area contributed by atoms with E-state index in [0.717, 1.165) is 0 Å². The van der Waals surface area contributed by atoms with E-state index in [9.17, 15) is 4.79 Å². The van der Waals surface area contributed by atoms with Gasteiger partial charge in [0.1, 0.15) is 17.1 Å². The number of amides is 1. The van der Waals surface area contributed by atoms with Gasteiger partial charge in [-0.05, 0) is 44.2 Å². The molecule has 0 fully saturated rings. The van der Waals surface area contributed by atoms with Crippen LogP contribution in [0.4, 0.5) is 17.3 Å². The van der Waals surface area contributed by atoms with Gasteiger partial charge in [0.2, 0.25) is 5.95 Å². The maximum absolute atomic E-state index is 12.8. The van der Waals surface area contributed by atoms with E-state index < -0.39 is 0 Å². The first kappa shape index (κ1) is 23.5. The Morgan fingerprint density at radius 3 is 2.59 bits per heavy atom. The van der Waals surface area contributed by atoms with Crippen LogP contribution in [0.5, 0.6) is 5.75 Å². The number of halogens is 2. The third kappa shape index (κ3) is 5.13. The molecule has 0 spiro atoms. The monoisotopic (exact) mass is 496 g/mol. The van der Waals surface area contributed by atoms with Gasteiger partial charge in [-0.3, -0.25) is 9.48 Å². The normalized spacial score (nSPS) is 10.9. The molecule has 0 aliphatic carbocycles. The van der Waals surface area contributed by atoms with E-state index in [1.807, 2.05) is 30.8 Å². The number of ether oxygens (including phenoxy) is 1. The highest BCUT2D eigenvalue weighted by atomic mass is 35.5. The quantitative estimate of drug-likeness (QED) is 0.314. The number of carbonyl (C=O) groups excluding carboxylic acids is 1. The van der Waals surface area contributed by atoms with Gasteiger partial charge in [-0.25, -0.2) is 9.97 Å². The van der Waals surface area contributed by atoms with Crippen molar-refractivity contribution in [3.05, 3.63) is 76.5 Å². The van der Waals surface area contributed by atoms with Crippen LogP contribution in [0.25, 0.3) is 11.4 Å². The van der Waals surface area contributed by atoms with Crippen molar-refractivity contribution in [3.8, 4) is 17.1 Å². The van der Waals surface area contributed by atoms with Gasteiger partial charge in [-0.15, -0.1) is 0 Å². The summed E-state index contributed by atoms with van der Waals surface area (Å²) in [5.41, 5.74) is 2.66. The minimum absolute atomic E-state index is 0.216. The van der Waals surface area contributed by atoms with E-state index >= 15 is 0 Å². The summed E-state index contributed by atoms with van der Waals surface area (Å²) >= 11 is 12.5. The molecule has 0 aliphatic heterocycles. The molecular weight excluding hydrogens is 475 g/mol. The van der Waals surface area contributed by atoms with Gasteiger partial charge in [0.25, 0.3) is 5.91 Å². The number of hydrogen-bond donors (Lipinski definition) is 2. The molecule has 2 heterocycles. The summed E-state index contributed by atoms with van der Waals surface area (Å²) in [4.78, 5) is 21.6. The summed E-state index contributed by atoms with van der Waals surface area (Å²) in [5.74, 6) is 0.357. The first-order valence-electron chi connectivity index (χ1n) is 10.4. The number of rotatable bonds is 7. The minimum atomic E-state index is -0.345. The molecule has 174 valence electrons. The van der Waals surface area contributed by atoms with Crippen LogP contribution >= 0.6 is 23.2 Å². The van der Waals surface area contributed by atoms with Crippen molar-refractivity contribution in [1.82, 2.24) is 19.7 Å². The highest BCUT2D eigenvalue weighted by Gasteiger charge is 2.16. The SMILES string of the molecule is COc1cc(Nc2ncc(Cl)c(-c3ccn(C(C)C)n3)n2)ccc1C(=O)Nc1ccccc1Cl. The number of para-hydroxylation sites is 1. The van der Waals surface area contributed by atoms with E-state index in [4.69, 9.17) is 27.9 Å². The first-order valence-corrected chi connectivity index (χ1v) is 11.2. The molecule has 34 heavy (non-hydrogen) atoms.